The third kappa shape index (κ3) is 5.30. The van der Waals surface area contributed by atoms with Crippen LogP contribution >= 0.6 is 0 Å². The van der Waals surface area contributed by atoms with Gasteiger partial charge in [-0.2, -0.15) is 0 Å². The van der Waals surface area contributed by atoms with Crippen LogP contribution in [0.1, 0.15) is 49.5 Å². The number of ether oxygens (including phenoxy) is 1. The zero-order chi connectivity index (χ0) is 15.3. The van der Waals surface area contributed by atoms with Gasteiger partial charge in [-0.1, -0.05) is 6.07 Å². The third-order valence-electron chi connectivity index (χ3n) is 2.59. The molecule has 20 heavy (non-hydrogen) atoms. The fourth-order valence-corrected chi connectivity index (χ4v) is 1.77. The lowest BCUT2D eigenvalue weighted by Gasteiger charge is -2.20. The molecule has 0 saturated carbocycles. The quantitative estimate of drug-likeness (QED) is 0.638. The van der Waals surface area contributed by atoms with E-state index in [1.165, 1.54) is 0 Å². The molecule has 5 nitrogen and oxygen atoms in total. The van der Waals surface area contributed by atoms with E-state index in [-0.39, 0.29) is 6.42 Å². The number of hydrogen-bond acceptors (Lipinski definition) is 4. The van der Waals surface area contributed by atoms with Crippen LogP contribution in [-0.2, 0) is 16.0 Å². The van der Waals surface area contributed by atoms with Crippen molar-refractivity contribution >= 4 is 17.6 Å². The minimum atomic E-state index is -0.848. The SMILES string of the molecule is CC(C)(C)OC(=O)c1cc(N)ccc1CCCC(=O)O. The summed E-state index contributed by atoms with van der Waals surface area (Å²) in [6.07, 6.45) is 1.04. The molecular weight excluding hydrogens is 258 g/mol. The Labute approximate surface area is 118 Å². The Morgan fingerprint density at radius 3 is 2.50 bits per heavy atom. The summed E-state index contributed by atoms with van der Waals surface area (Å²) < 4.78 is 5.34. The Bertz CT molecular complexity index is 503. The Kier molecular flexibility index (Phi) is 5.13. The molecule has 0 aliphatic heterocycles. The van der Waals surface area contributed by atoms with Gasteiger partial charge in [0.15, 0.2) is 0 Å². The first kappa shape index (κ1) is 16.0. The molecule has 0 aliphatic rings. The van der Waals surface area contributed by atoms with E-state index < -0.39 is 17.5 Å². The van der Waals surface area contributed by atoms with Crippen LogP contribution in [0, 0.1) is 0 Å². The number of carboxylic acids is 1. The van der Waals surface area contributed by atoms with Crippen LogP contribution in [-0.4, -0.2) is 22.6 Å². The van der Waals surface area contributed by atoms with E-state index in [1.54, 1.807) is 39.0 Å². The number of aryl methyl sites for hydroxylation is 1. The number of aliphatic carboxylic acids is 1. The summed E-state index contributed by atoms with van der Waals surface area (Å²) in [6, 6.07) is 5.02. The van der Waals surface area contributed by atoms with Crippen molar-refractivity contribution in [2.24, 2.45) is 0 Å². The second-order valence-electron chi connectivity index (χ2n) is 5.67. The minimum Gasteiger partial charge on any atom is -0.481 e. The number of rotatable bonds is 5. The Balaban J connectivity index is 2.89. The van der Waals surface area contributed by atoms with Crippen molar-refractivity contribution in [2.75, 3.05) is 5.73 Å². The molecule has 1 rings (SSSR count). The molecule has 0 unspecified atom stereocenters. The molecule has 0 fully saturated rings. The predicted molar refractivity (Wildman–Crippen MR) is 76.6 cm³/mol. The zero-order valence-electron chi connectivity index (χ0n) is 12.1. The van der Waals surface area contributed by atoms with Gasteiger partial charge in [0.1, 0.15) is 5.60 Å². The average Bonchev–Trinajstić information content (AvgIpc) is 2.28. The van der Waals surface area contributed by atoms with Gasteiger partial charge in [0.2, 0.25) is 0 Å². The maximum atomic E-state index is 12.1. The van der Waals surface area contributed by atoms with Gasteiger partial charge in [-0.25, -0.2) is 4.79 Å². The molecule has 1 aromatic carbocycles. The van der Waals surface area contributed by atoms with Crippen molar-refractivity contribution in [3.05, 3.63) is 29.3 Å². The number of hydrogen-bond donors (Lipinski definition) is 2. The summed E-state index contributed by atoms with van der Waals surface area (Å²) in [5.74, 6) is -1.28. The van der Waals surface area contributed by atoms with Crippen LogP contribution in [0.2, 0.25) is 0 Å². The van der Waals surface area contributed by atoms with E-state index in [0.29, 0.717) is 24.1 Å². The first-order valence-corrected chi connectivity index (χ1v) is 6.52. The second kappa shape index (κ2) is 6.41. The van der Waals surface area contributed by atoms with Crippen molar-refractivity contribution in [1.29, 1.82) is 0 Å². The van der Waals surface area contributed by atoms with Crippen LogP contribution in [0.5, 0.6) is 0 Å². The molecule has 0 radical (unpaired) electrons. The molecule has 0 bridgehead atoms. The molecule has 0 atom stereocenters. The normalized spacial score (nSPS) is 11.2. The van der Waals surface area contributed by atoms with E-state index in [9.17, 15) is 9.59 Å². The maximum absolute atomic E-state index is 12.1. The van der Waals surface area contributed by atoms with Crippen molar-refractivity contribution in [3.8, 4) is 0 Å². The molecule has 0 saturated heterocycles. The highest BCUT2D eigenvalue weighted by Crippen LogP contribution is 2.20. The first-order valence-electron chi connectivity index (χ1n) is 6.52. The van der Waals surface area contributed by atoms with E-state index in [1.807, 2.05) is 0 Å². The Hall–Kier alpha value is -2.04. The highest BCUT2D eigenvalue weighted by molar-refractivity contribution is 5.92. The van der Waals surface area contributed by atoms with E-state index in [2.05, 4.69) is 0 Å². The smallest absolute Gasteiger partial charge is 0.339 e. The van der Waals surface area contributed by atoms with Gasteiger partial charge in [0.25, 0.3) is 0 Å². The second-order valence-corrected chi connectivity index (χ2v) is 5.67. The van der Waals surface area contributed by atoms with Crippen molar-refractivity contribution in [1.82, 2.24) is 0 Å². The third-order valence-corrected chi connectivity index (χ3v) is 2.59. The predicted octanol–water partition coefficient (Wildman–Crippen LogP) is 2.63. The number of anilines is 1. The molecule has 5 heteroatoms. The van der Waals surface area contributed by atoms with E-state index in [0.717, 1.165) is 5.56 Å². The van der Waals surface area contributed by atoms with Gasteiger partial charge >= 0.3 is 11.9 Å². The zero-order valence-corrected chi connectivity index (χ0v) is 12.1. The Morgan fingerprint density at radius 1 is 1.30 bits per heavy atom. The number of nitrogens with two attached hydrogens (primary N) is 1. The van der Waals surface area contributed by atoms with Gasteiger partial charge in [-0.05, 0) is 51.3 Å². The van der Waals surface area contributed by atoms with E-state index in [4.69, 9.17) is 15.6 Å². The van der Waals surface area contributed by atoms with Crippen LogP contribution in [0.25, 0.3) is 0 Å². The van der Waals surface area contributed by atoms with Gasteiger partial charge in [-0.15, -0.1) is 0 Å². The fourth-order valence-electron chi connectivity index (χ4n) is 1.77. The standard InChI is InChI=1S/C15H21NO4/c1-15(2,3)20-14(19)12-9-11(16)8-7-10(12)5-4-6-13(17)18/h7-9H,4-6,16H2,1-3H3,(H,17,18). The van der Waals surface area contributed by atoms with Gasteiger partial charge in [0.05, 0.1) is 5.56 Å². The maximum Gasteiger partial charge on any atom is 0.339 e. The van der Waals surface area contributed by atoms with Crippen LogP contribution < -0.4 is 5.73 Å². The highest BCUT2D eigenvalue weighted by atomic mass is 16.6. The van der Waals surface area contributed by atoms with Crippen molar-refractivity contribution < 1.29 is 19.4 Å². The summed E-state index contributed by atoms with van der Waals surface area (Å²) in [6.45, 7) is 5.38. The fraction of sp³-hybridized carbons (Fsp3) is 0.467. The van der Waals surface area contributed by atoms with Gasteiger partial charge in [-0.3, -0.25) is 4.79 Å². The lowest BCUT2D eigenvalue weighted by atomic mass is 10.0. The van der Waals surface area contributed by atoms with Gasteiger partial charge < -0.3 is 15.6 Å². The summed E-state index contributed by atoms with van der Waals surface area (Å²) in [5, 5.41) is 8.66. The van der Waals surface area contributed by atoms with Crippen LogP contribution in [0.3, 0.4) is 0 Å². The number of carbonyl (C=O) groups excluding carboxylic acids is 1. The molecule has 0 aliphatic carbocycles. The summed E-state index contributed by atoms with van der Waals surface area (Å²) in [4.78, 5) is 22.7. The molecule has 110 valence electrons. The molecule has 3 N–H and O–H groups in total. The monoisotopic (exact) mass is 279 g/mol. The molecule has 0 spiro atoms. The molecular formula is C15H21NO4. The molecule has 1 aromatic rings. The van der Waals surface area contributed by atoms with Crippen LogP contribution in [0.4, 0.5) is 5.69 Å². The Morgan fingerprint density at radius 2 is 1.95 bits per heavy atom. The first-order chi connectivity index (χ1) is 9.19. The number of carboxylic acid groups (broad SMARTS) is 1. The van der Waals surface area contributed by atoms with Crippen molar-refractivity contribution in [2.45, 2.75) is 45.6 Å². The average molecular weight is 279 g/mol. The lowest BCUT2D eigenvalue weighted by Crippen LogP contribution is -2.24. The van der Waals surface area contributed by atoms with Crippen molar-refractivity contribution in [3.63, 3.8) is 0 Å². The summed E-state index contributed by atoms with van der Waals surface area (Å²) in [5.41, 5.74) is 6.77. The topological polar surface area (TPSA) is 89.6 Å². The number of carbonyl (C=O) groups is 2. The number of nitrogen functional groups attached to an aromatic ring is 1. The van der Waals surface area contributed by atoms with Crippen LogP contribution in [0.15, 0.2) is 18.2 Å². The van der Waals surface area contributed by atoms with Gasteiger partial charge in [0, 0.05) is 12.1 Å². The van der Waals surface area contributed by atoms with E-state index >= 15 is 0 Å². The largest absolute Gasteiger partial charge is 0.481 e. The molecule has 0 heterocycles. The lowest BCUT2D eigenvalue weighted by molar-refractivity contribution is -0.137. The number of esters is 1. The summed E-state index contributed by atoms with van der Waals surface area (Å²) in [7, 11) is 0. The highest BCUT2D eigenvalue weighted by Gasteiger charge is 2.20. The summed E-state index contributed by atoms with van der Waals surface area (Å²) >= 11 is 0. The minimum absolute atomic E-state index is 0.0676. The molecule has 0 amide bonds. The number of benzene rings is 1. The molecule has 0 aromatic heterocycles.